The Bertz CT molecular complexity index is 583. The Morgan fingerprint density at radius 2 is 2.11 bits per heavy atom. The Hall–Kier alpha value is -0.910. The molecule has 0 bridgehead atoms. The van der Waals surface area contributed by atoms with Crippen molar-refractivity contribution in [1.82, 2.24) is 9.97 Å². The highest BCUT2D eigenvalue weighted by atomic mass is 79.9. The van der Waals surface area contributed by atoms with E-state index < -0.39 is 5.82 Å². The fraction of sp³-hybridized carbons (Fsp3) is 0.0909. The second-order valence-electron chi connectivity index (χ2n) is 3.26. The summed E-state index contributed by atoms with van der Waals surface area (Å²) >= 11 is 14.7. The zero-order valence-corrected chi connectivity index (χ0v) is 11.9. The molecule has 0 spiro atoms. The molecule has 2 aromatic rings. The zero-order valence-electron chi connectivity index (χ0n) is 8.83. The average molecular weight is 352 g/mol. The minimum absolute atomic E-state index is 0.0410. The van der Waals surface area contributed by atoms with Crippen LogP contribution in [-0.2, 0) is 5.88 Å². The molecule has 2 rings (SSSR count). The number of aromatic nitrogens is 2. The molecule has 0 saturated heterocycles. The molecule has 0 atom stereocenters. The molecule has 0 N–H and O–H groups in total. The lowest BCUT2D eigenvalue weighted by Gasteiger charge is -2.09. The van der Waals surface area contributed by atoms with E-state index in [2.05, 4.69) is 25.9 Å². The van der Waals surface area contributed by atoms with Crippen LogP contribution < -0.4 is 4.74 Å². The topological polar surface area (TPSA) is 35.0 Å². The predicted molar refractivity (Wildman–Crippen MR) is 70.8 cm³/mol. The monoisotopic (exact) mass is 350 g/mol. The molecular formula is C11H6BrCl2FN2O. The number of ether oxygens (including phenoxy) is 1. The molecule has 1 heterocycles. The standard InChI is InChI=1S/C11H6BrCl2FN2O/c12-6-1-2-9(8(15)3-6)18-11-7(4-13)10(14)16-5-17-11/h1-3,5H,4H2. The summed E-state index contributed by atoms with van der Waals surface area (Å²) < 4.78 is 19.6. The number of halogens is 4. The third kappa shape index (κ3) is 2.91. The van der Waals surface area contributed by atoms with Crippen molar-refractivity contribution in [3.8, 4) is 11.6 Å². The highest BCUT2D eigenvalue weighted by Crippen LogP contribution is 2.30. The summed E-state index contributed by atoms with van der Waals surface area (Å²) in [5.74, 6) is -0.252. The van der Waals surface area contributed by atoms with Crippen LogP contribution in [0.4, 0.5) is 4.39 Å². The smallest absolute Gasteiger partial charge is 0.228 e. The predicted octanol–water partition coefficient (Wildman–Crippen LogP) is 4.56. The maximum absolute atomic E-state index is 13.6. The summed E-state index contributed by atoms with van der Waals surface area (Å²) in [6.45, 7) is 0. The van der Waals surface area contributed by atoms with E-state index in [1.807, 2.05) is 0 Å². The van der Waals surface area contributed by atoms with Gasteiger partial charge in [0.2, 0.25) is 5.88 Å². The van der Waals surface area contributed by atoms with E-state index in [4.69, 9.17) is 27.9 Å². The summed E-state index contributed by atoms with van der Waals surface area (Å²) in [4.78, 5) is 7.67. The van der Waals surface area contributed by atoms with Crippen LogP contribution in [0, 0.1) is 5.82 Å². The summed E-state index contributed by atoms with van der Waals surface area (Å²) in [6.07, 6.45) is 1.23. The SMILES string of the molecule is Fc1cc(Br)ccc1Oc1ncnc(Cl)c1CCl. The van der Waals surface area contributed by atoms with Gasteiger partial charge in [-0.25, -0.2) is 14.4 Å². The van der Waals surface area contributed by atoms with Crippen LogP contribution in [0.3, 0.4) is 0 Å². The van der Waals surface area contributed by atoms with Crippen molar-refractivity contribution >= 4 is 39.1 Å². The molecule has 3 nitrogen and oxygen atoms in total. The normalized spacial score (nSPS) is 10.4. The van der Waals surface area contributed by atoms with Crippen molar-refractivity contribution in [2.24, 2.45) is 0 Å². The highest BCUT2D eigenvalue weighted by Gasteiger charge is 2.13. The fourth-order valence-electron chi connectivity index (χ4n) is 1.24. The zero-order chi connectivity index (χ0) is 13.1. The fourth-order valence-corrected chi connectivity index (χ4v) is 2.07. The largest absolute Gasteiger partial charge is 0.435 e. The average Bonchev–Trinajstić information content (AvgIpc) is 2.33. The van der Waals surface area contributed by atoms with E-state index >= 15 is 0 Å². The van der Waals surface area contributed by atoms with Gasteiger partial charge in [0.25, 0.3) is 0 Å². The van der Waals surface area contributed by atoms with Crippen molar-refractivity contribution in [3.63, 3.8) is 0 Å². The molecule has 0 amide bonds. The summed E-state index contributed by atoms with van der Waals surface area (Å²) in [5, 5.41) is 0.188. The number of hydrogen-bond donors (Lipinski definition) is 0. The molecule has 0 radical (unpaired) electrons. The number of nitrogens with zero attached hydrogens (tertiary/aromatic N) is 2. The molecule has 0 fully saturated rings. The molecule has 94 valence electrons. The molecular weight excluding hydrogens is 346 g/mol. The van der Waals surface area contributed by atoms with Crippen LogP contribution in [0.1, 0.15) is 5.56 Å². The Kier molecular flexibility index (Phi) is 4.37. The lowest BCUT2D eigenvalue weighted by Crippen LogP contribution is -1.97. The van der Waals surface area contributed by atoms with Gasteiger partial charge in [-0.1, -0.05) is 27.5 Å². The van der Waals surface area contributed by atoms with Crippen molar-refractivity contribution < 1.29 is 9.13 Å². The maximum atomic E-state index is 13.6. The van der Waals surface area contributed by atoms with Gasteiger partial charge in [-0.3, -0.25) is 0 Å². The first-order valence-electron chi connectivity index (χ1n) is 4.80. The van der Waals surface area contributed by atoms with Crippen LogP contribution in [0.5, 0.6) is 11.6 Å². The Balaban J connectivity index is 2.37. The second-order valence-corrected chi connectivity index (χ2v) is 4.80. The molecule has 7 heteroatoms. The van der Waals surface area contributed by atoms with Gasteiger partial charge in [0.1, 0.15) is 11.5 Å². The Labute approximate surface area is 121 Å². The first-order chi connectivity index (χ1) is 8.61. The van der Waals surface area contributed by atoms with Gasteiger partial charge in [0.15, 0.2) is 11.6 Å². The van der Waals surface area contributed by atoms with E-state index in [-0.39, 0.29) is 22.7 Å². The van der Waals surface area contributed by atoms with Crippen LogP contribution in [-0.4, -0.2) is 9.97 Å². The summed E-state index contributed by atoms with van der Waals surface area (Å²) in [7, 11) is 0. The van der Waals surface area contributed by atoms with Crippen molar-refractivity contribution in [2.75, 3.05) is 0 Å². The van der Waals surface area contributed by atoms with Gasteiger partial charge < -0.3 is 4.74 Å². The number of rotatable bonds is 3. The first kappa shape index (κ1) is 13.5. The van der Waals surface area contributed by atoms with Crippen molar-refractivity contribution in [1.29, 1.82) is 0 Å². The minimum Gasteiger partial charge on any atom is -0.435 e. The Morgan fingerprint density at radius 1 is 1.33 bits per heavy atom. The summed E-state index contributed by atoms with van der Waals surface area (Å²) in [5.41, 5.74) is 0.420. The van der Waals surface area contributed by atoms with Gasteiger partial charge in [-0.15, -0.1) is 11.6 Å². The highest BCUT2D eigenvalue weighted by molar-refractivity contribution is 9.10. The number of alkyl halides is 1. The molecule has 0 aliphatic carbocycles. The maximum Gasteiger partial charge on any atom is 0.228 e. The van der Waals surface area contributed by atoms with Gasteiger partial charge in [0, 0.05) is 4.47 Å². The quantitative estimate of drug-likeness (QED) is 0.600. The number of hydrogen-bond acceptors (Lipinski definition) is 3. The van der Waals surface area contributed by atoms with E-state index in [1.165, 1.54) is 18.5 Å². The molecule has 18 heavy (non-hydrogen) atoms. The second kappa shape index (κ2) is 5.82. The van der Waals surface area contributed by atoms with Crippen LogP contribution >= 0.6 is 39.1 Å². The van der Waals surface area contributed by atoms with E-state index in [0.717, 1.165) is 0 Å². The minimum atomic E-state index is -0.514. The van der Waals surface area contributed by atoms with Gasteiger partial charge in [-0.2, -0.15) is 0 Å². The number of benzene rings is 1. The van der Waals surface area contributed by atoms with E-state index in [1.54, 1.807) is 6.07 Å². The van der Waals surface area contributed by atoms with Crippen molar-refractivity contribution in [3.05, 3.63) is 45.5 Å². The molecule has 0 unspecified atom stereocenters. The molecule has 0 saturated carbocycles. The van der Waals surface area contributed by atoms with Crippen molar-refractivity contribution in [2.45, 2.75) is 5.88 Å². The van der Waals surface area contributed by atoms with Crippen LogP contribution in [0.15, 0.2) is 29.0 Å². The molecule has 1 aromatic carbocycles. The molecule has 0 aliphatic rings. The van der Waals surface area contributed by atoms with E-state index in [9.17, 15) is 4.39 Å². The first-order valence-corrected chi connectivity index (χ1v) is 6.50. The lowest BCUT2D eigenvalue weighted by atomic mass is 10.3. The van der Waals surface area contributed by atoms with Crippen LogP contribution in [0.25, 0.3) is 0 Å². The van der Waals surface area contributed by atoms with Gasteiger partial charge in [0.05, 0.1) is 11.4 Å². The summed E-state index contributed by atoms with van der Waals surface area (Å²) in [6, 6.07) is 4.42. The molecule has 1 aromatic heterocycles. The Morgan fingerprint density at radius 3 is 2.78 bits per heavy atom. The molecule has 0 aliphatic heterocycles. The van der Waals surface area contributed by atoms with Gasteiger partial charge in [-0.05, 0) is 18.2 Å². The third-order valence-corrected chi connectivity index (χ3v) is 3.17. The van der Waals surface area contributed by atoms with Gasteiger partial charge >= 0.3 is 0 Å². The van der Waals surface area contributed by atoms with E-state index in [0.29, 0.717) is 10.0 Å². The van der Waals surface area contributed by atoms with Crippen LogP contribution in [0.2, 0.25) is 5.15 Å². The lowest BCUT2D eigenvalue weighted by molar-refractivity contribution is 0.422. The third-order valence-electron chi connectivity index (χ3n) is 2.09.